The summed E-state index contributed by atoms with van der Waals surface area (Å²) in [6.45, 7) is -0.249. The Labute approximate surface area is 140 Å². The zero-order chi connectivity index (χ0) is 18.2. The van der Waals surface area contributed by atoms with Gasteiger partial charge in [-0.1, -0.05) is 0 Å². The van der Waals surface area contributed by atoms with Gasteiger partial charge in [0.25, 0.3) is 0 Å². The summed E-state index contributed by atoms with van der Waals surface area (Å²) >= 11 is 0. The van der Waals surface area contributed by atoms with E-state index < -0.39 is 31.3 Å². The third-order valence-electron chi connectivity index (χ3n) is 3.63. The van der Waals surface area contributed by atoms with Gasteiger partial charge in [-0.25, -0.2) is 4.79 Å². The van der Waals surface area contributed by atoms with E-state index in [0.29, 0.717) is 10.9 Å². The summed E-state index contributed by atoms with van der Waals surface area (Å²) in [6.07, 6.45) is -6.57. The molecule has 1 fully saturated rings. The van der Waals surface area contributed by atoms with Gasteiger partial charge >= 0.3 is 18.2 Å². The van der Waals surface area contributed by atoms with Crippen molar-refractivity contribution in [3.8, 4) is 0 Å². The second-order valence-electron chi connectivity index (χ2n) is 5.51. The first kappa shape index (κ1) is 17.4. The van der Waals surface area contributed by atoms with E-state index in [1.807, 2.05) is 0 Å². The Morgan fingerprint density at radius 2 is 1.92 bits per heavy atom. The van der Waals surface area contributed by atoms with Gasteiger partial charge < -0.3 is 9.64 Å². The predicted octanol–water partition coefficient (Wildman–Crippen LogP) is 3.43. The maximum atomic E-state index is 13.4. The number of anilines is 1. The molecule has 0 saturated carbocycles. The molecule has 0 aliphatic carbocycles. The van der Waals surface area contributed by atoms with Gasteiger partial charge in [0.1, 0.15) is 13.1 Å². The van der Waals surface area contributed by atoms with E-state index in [0.717, 1.165) is 4.90 Å². The van der Waals surface area contributed by atoms with Gasteiger partial charge in [0.05, 0.1) is 17.7 Å². The van der Waals surface area contributed by atoms with Crippen LogP contribution in [-0.2, 0) is 9.47 Å². The van der Waals surface area contributed by atoms with Gasteiger partial charge in [0.15, 0.2) is 0 Å². The summed E-state index contributed by atoms with van der Waals surface area (Å²) in [5, 5.41) is 0.330. The van der Waals surface area contributed by atoms with E-state index in [9.17, 15) is 22.4 Å². The number of alkyl halides is 4. The smallest absolute Gasteiger partial charge is 0.377 e. The molecule has 25 heavy (non-hydrogen) atoms. The lowest BCUT2D eigenvalue weighted by atomic mass is 10.1. The first-order valence-corrected chi connectivity index (χ1v) is 7.47. The number of nitrogens with zero attached hydrogens (tertiary/aromatic N) is 2. The molecule has 2 aromatic rings. The van der Waals surface area contributed by atoms with Crippen LogP contribution in [0.2, 0.25) is 0 Å². The van der Waals surface area contributed by atoms with Crippen LogP contribution in [-0.4, -0.2) is 42.9 Å². The lowest BCUT2D eigenvalue weighted by Crippen LogP contribution is -2.55. The minimum atomic E-state index is -3.99. The van der Waals surface area contributed by atoms with Crippen molar-refractivity contribution in [1.29, 1.82) is 0 Å². The van der Waals surface area contributed by atoms with Crippen molar-refractivity contribution in [1.82, 2.24) is 4.98 Å². The number of carbonyl (C=O) groups is 1. The van der Waals surface area contributed by atoms with Crippen molar-refractivity contribution >= 4 is 22.6 Å². The van der Waals surface area contributed by atoms with Crippen LogP contribution in [0.1, 0.15) is 17.3 Å². The molecular weight excluding hydrogens is 344 g/mol. The molecule has 0 amide bonds. The quantitative estimate of drug-likeness (QED) is 0.622. The fourth-order valence-corrected chi connectivity index (χ4v) is 2.68. The van der Waals surface area contributed by atoms with E-state index in [4.69, 9.17) is 4.74 Å². The molecule has 0 spiro atoms. The molecule has 0 unspecified atom stereocenters. The van der Waals surface area contributed by atoms with Gasteiger partial charge in [-0.3, -0.25) is 9.72 Å². The number of halogens is 4. The SMILES string of the molecule is CCOC(=O)c1ccnc2ccc(N3CC(F)(F)OC(F)(F)C3)cc12. The maximum absolute atomic E-state index is 13.4. The van der Waals surface area contributed by atoms with Crippen molar-refractivity contribution in [2.24, 2.45) is 0 Å². The number of aromatic nitrogens is 1. The third-order valence-corrected chi connectivity index (χ3v) is 3.63. The van der Waals surface area contributed by atoms with Crippen LogP contribution in [0.5, 0.6) is 0 Å². The molecule has 3 rings (SSSR count). The zero-order valence-corrected chi connectivity index (χ0v) is 13.1. The molecule has 5 nitrogen and oxygen atoms in total. The highest BCUT2D eigenvalue weighted by molar-refractivity contribution is 6.04. The van der Waals surface area contributed by atoms with Gasteiger partial charge in [0.2, 0.25) is 0 Å². The van der Waals surface area contributed by atoms with E-state index in [2.05, 4.69) is 9.72 Å². The second kappa shape index (κ2) is 6.14. The summed E-state index contributed by atoms with van der Waals surface area (Å²) < 4.78 is 62.2. The van der Waals surface area contributed by atoms with Crippen molar-refractivity contribution in [3.63, 3.8) is 0 Å². The molecule has 1 aromatic heterocycles. The minimum absolute atomic E-state index is 0.105. The van der Waals surface area contributed by atoms with Gasteiger partial charge in [-0.15, -0.1) is 0 Å². The molecule has 1 saturated heterocycles. The highest BCUT2D eigenvalue weighted by Gasteiger charge is 2.51. The number of rotatable bonds is 3. The van der Waals surface area contributed by atoms with Crippen LogP contribution < -0.4 is 4.90 Å². The van der Waals surface area contributed by atoms with Crippen molar-refractivity contribution in [2.45, 2.75) is 19.1 Å². The first-order chi connectivity index (χ1) is 11.7. The molecular formula is C16H14F4N2O3. The Morgan fingerprint density at radius 1 is 1.24 bits per heavy atom. The van der Waals surface area contributed by atoms with Gasteiger partial charge in [-0.05, 0) is 31.2 Å². The van der Waals surface area contributed by atoms with Gasteiger partial charge in [0, 0.05) is 17.3 Å². The zero-order valence-electron chi connectivity index (χ0n) is 13.1. The lowest BCUT2D eigenvalue weighted by Gasteiger charge is -2.38. The van der Waals surface area contributed by atoms with Crippen LogP contribution in [0, 0.1) is 0 Å². The molecule has 1 aromatic carbocycles. The number of pyridine rings is 1. The van der Waals surface area contributed by atoms with Crippen molar-refractivity contribution in [2.75, 3.05) is 24.6 Å². The van der Waals surface area contributed by atoms with Crippen molar-refractivity contribution in [3.05, 3.63) is 36.0 Å². The largest absolute Gasteiger partial charge is 0.462 e. The van der Waals surface area contributed by atoms with E-state index >= 15 is 0 Å². The summed E-state index contributed by atoms with van der Waals surface area (Å²) in [6, 6.07) is 5.65. The average molecular weight is 358 g/mol. The molecule has 1 aliphatic rings. The minimum Gasteiger partial charge on any atom is -0.462 e. The maximum Gasteiger partial charge on any atom is 0.377 e. The fourth-order valence-electron chi connectivity index (χ4n) is 2.68. The molecule has 9 heteroatoms. The van der Waals surface area contributed by atoms with Crippen LogP contribution in [0.4, 0.5) is 23.2 Å². The standard InChI is InChI=1S/C16H14F4N2O3/c1-2-24-14(23)11-5-6-21-13-4-3-10(7-12(11)13)22-8-15(17,18)25-16(19,20)9-22/h3-7H,2,8-9H2,1H3. The van der Waals surface area contributed by atoms with E-state index in [1.54, 1.807) is 6.92 Å². The number of morpholine rings is 1. The highest BCUT2D eigenvalue weighted by Crippen LogP contribution is 2.36. The van der Waals surface area contributed by atoms with E-state index in [1.165, 1.54) is 30.5 Å². The molecule has 1 aliphatic heterocycles. The van der Waals surface area contributed by atoms with Crippen LogP contribution in [0.15, 0.2) is 30.5 Å². The molecule has 0 bridgehead atoms. The first-order valence-electron chi connectivity index (χ1n) is 7.47. The highest BCUT2D eigenvalue weighted by atomic mass is 19.3. The summed E-state index contributed by atoms with van der Waals surface area (Å²) in [5.41, 5.74) is 0.704. The topological polar surface area (TPSA) is 51.7 Å². The number of ether oxygens (including phenoxy) is 2. The summed E-state index contributed by atoms with van der Waals surface area (Å²) in [4.78, 5) is 16.9. The van der Waals surface area contributed by atoms with E-state index in [-0.39, 0.29) is 17.9 Å². The molecule has 0 atom stereocenters. The van der Waals surface area contributed by atoms with Crippen LogP contribution >= 0.6 is 0 Å². The Bertz CT molecular complexity index is 797. The monoisotopic (exact) mass is 358 g/mol. The summed E-state index contributed by atoms with van der Waals surface area (Å²) in [7, 11) is 0. The number of benzene rings is 1. The third kappa shape index (κ3) is 3.65. The number of hydrogen-bond donors (Lipinski definition) is 0. The number of fused-ring (bicyclic) bond motifs is 1. The van der Waals surface area contributed by atoms with Gasteiger partial charge in [-0.2, -0.15) is 17.6 Å². The average Bonchev–Trinajstić information content (AvgIpc) is 2.51. The second-order valence-corrected chi connectivity index (χ2v) is 5.51. The molecule has 0 radical (unpaired) electrons. The number of hydrogen-bond acceptors (Lipinski definition) is 5. The van der Waals surface area contributed by atoms with Crippen LogP contribution in [0.3, 0.4) is 0 Å². The number of carbonyl (C=O) groups excluding carboxylic acids is 1. The lowest BCUT2D eigenvalue weighted by molar-refractivity contribution is -0.380. The fraction of sp³-hybridized carbons (Fsp3) is 0.375. The Kier molecular flexibility index (Phi) is 4.28. The Balaban J connectivity index is 2.03. The Morgan fingerprint density at radius 3 is 2.56 bits per heavy atom. The normalized spacial score (nSPS) is 19.0. The van der Waals surface area contributed by atoms with Crippen LogP contribution in [0.25, 0.3) is 10.9 Å². The Hall–Kier alpha value is -2.42. The van der Waals surface area contributed by atoms with Crippen molar-refractivity contribution < 1.29 is 31.8 Å². The number of esters is 1. The summed E-state index contributed by atoms with van der Waals surface area (Å²) in [5.74, 6) is -0.607. The molecule has 2 heterocycles. The molecule has 0 N–H and O–H groups in total. The molecule has 134 valence electrons. The predicted molar refractivity (Wildman–Crippen MR) is 80.9 cm³/mol.